The average Bonchev–Trinajstić information content (AvgIpc) is 2.55. The van der Waals surface area contributed by atoms with E-state index in [1.54, 1.807) is 0 Å². The van der Waals surface area contributed by atoms with E-state index in [1.165, 1.54) is 44.1 Å². The molecule has 2 nitrogen and oxygen atoms in total. The molecule has 0 atom stereocenters. The van der Waals surface area contributed by atoms with Gasteiger partial charge in [0.05, 0.1) is 12.7 Å². The first-order chi connectivity index (χ1) is 7.84. The van der Waals surface area contributed by atoms with E-state index in [1.807, 2.05) is 18.2 Å². The van der Waals surface area contributed by atoms with Crippen molar-refractivity contribution in [3.05, 3.63) is 29.8 Å². The molecular formula is C14H21NO. The summed E-state index contributed by atoms with van der Waals surface area (Å²) in [5, 5.41) is 0. The van der Waals surface area contributed by atoms with Gasteiger partial charge in [0.2, 0.25) is 0 Å². The largest absolute Gasteiger partial charge is 0.399 e. The number of rotatable bonds is 3. The fourth-order valence-electron chi connectivity index (χ4n) is 2.31. The Morgan fingerprint density at radius 2 is 1.88 bits per heavy atom. The molecule has 88 valence electrons. The van der Waals surface area contributed by atoms with Crippen molar-refractivity contribution >= 4 is 5.69 Å². The van der Waals surface area contributed by atoms with Crippen LogP contribution < -0.4 is 5.73 Å². The zero-order chi connectivity index (χ0) is 11.2. The lowest BCUT2D eigenvalue weighted by molar-refractivity contribution is 0.0310. The van der Waals surface area contributed by atoms with Crippen LogP contribution >= 0.6 is 0 Å². The number of nitrogen functional groups attached to an aromatic ring is 1. The molecule has 1 aliphatic rings. The van der Waals surface area contributed by atoms with Crippen LogP contribution in [0.1, 0.15) is 44.1 Å². The summed E-state index contributed by atoms with van der Waals surface area (Å²) in [7, 11) is 0. The third-order valence-electron chi connectivity index (χ3n) is 3.24. The summed E-state index contributed by atoms with van der Waals surface area (Å²) in [4.78, 5) is 0. The number of anilines is 1. The maximum absolute atomic E-state index is 5.95. The summed E-state index contributed by atoms with van der Waals surface area (Å²) in [5.74, 6) is 0. The molecule has 2 N–H and O–H groups in total. The van der Waals surface area contributed by atoms with Crippen LogP contribution in [0.2, 0.25) is 0 Å². The van der Waals surface area contributed by atoms with Crippen molar-refractivity contribution in [2.24, 2.45) is 0 Å². The molecule has 1 aromatic rings. The van der Waals surface area contributed by atoms with Gasteiger partial charge in [-0.2, -0.15) is 0 Å². The zero-order valence-electron chi connectivity index (χ0n) is 9.82. The molecule has 0 amide bonds. The average molecular weight is 219 g/mol. The van der Waals surface area contributed by atoms with Gasteiger partial charge in [-0.25, -0.2) is 0 Å². The number of hydrogen-bond acceptors (Lipinski definition) is 2. The van der Waals surface area contributed by atoms with Gasteiger partial charge in [0, 0.05) is 5.69 Å². The zero-order valence-corrected chi connectivity index (χ0v) is 9.82. The Hall–Kier alpha value is -1.02. The molecule has 1 aliphatic carbocycles. The Balaban J connectivity index is 1.81. The molecule has 2 heteroatoms. The molecule has 0 radical (unpaired) electrons. The summed E-state index contributed by atoms with van der Waals surface area (Å²) < 4.78 is 5.95. The first-order valence-corrected chi connectivity index (χ1v) is 6.30. The van der Waals surface area contributed by atoms with Crippen LogP contribution in [0, 0.1) is 0 Å². The molecule has 0 aliphatic heterocycles. The predicted octanol–water partition coefficient (Wildman–Crippen LogP) is 3.51. The van der Waals surface area contributed by atoms with E-state index in [0.717, 1.165) is 5.69 Å². The van der Waals surface area contributed by atoms with Crippen molar-refractivity contribution in [3.8, 4) is 0 Å². The van der Waals surface area contributed by atoms with E-state index in [2.05, 4.69) is 6.07 Å². The highest BCUT2D eigenvalue weighted by atomic mass is 16.5. The SMILES string of the molecule is Nc1cccc(COC2CCCCCC2)c1. The molecular weight excluding hydrogens is 198 g/mol. The monoisotopic (exact) mass is 219 g/mol. The van der Waals surface area contributed by atoms with E-state index in [4.69, 9.17) is 10.5 Å². The van der Waals surface area contributed by atoms with Crippen molar-refractivity contribution < 1.29 is 4.74 Å². The number of hydrogen-bond donors (Lipinski definition) is 1. The normalized spacial score (nSPS) is 18.2. The van der Waals surface area contributed by atoms with Gasteiger partial charge < -0.3 is 10.5 Å². The highest BCUT2D eigenvalue weighted by Gasteiger charge is 2.12. The Bertz CT molecular complexity index is 316. The van der Waals surface area contributed by atoms with Crippen molar-refractivity contribution in [1.82, 2.24) is 0 Å². The minimum absolute atomic E-state index is 0.462. The molecule has 0 saturated heterocycles. The number of ether oxygens (including phenoxy) is 1. The van der Waals surface area contributed by atoms with Crippen molar-refractivity contribution in [3.63, 3.8) is 0 Å². The summed E-state index contributed by atoms with van der Waals surface area (Å²) in [6.07, 6.45) is 8.30. The molecule has 2 rings (SSSR count). The topological polar surface area (TPSA) is 35.2 Å². The van der Waals surface area contributed by atoms with Crippen LogP contribution in [0.25, 0.3) is 0 Å². The lowest BCUT2D eigenvalue weighted by Crippen LogP contribution is -2.11. The first kappa shape index (κ1) is 11.5. The second-order valence-corrected chi connectivity index (χ2v) is 4.67. The third-order valence-corrected chi connectivity index (χ3v) is 3.24. The fourth-order valence-corrected chi connectivity index (χ4v) is 2.31. The van der Waals surface area contributed by atoms with Crippen LogP contribution in [0.3, 0.4) is 0 Å². The maximum Gasteiger partial charge on any atom is 0.0721 e. The summed E-state index contributed by atoms with van der Waals surface area (Å²) in [5.41, 5.74) is 7.74. The van der Waals surface area contributed by atoms with Crippen LogP contribution in [0.5, 0.6) is 0 Å². The number of benzene rings is 1. The highest BCUT2D eigenvalue weighted by Crippen LogP contribution is 2.21. The lowest BCUT2D eigenvalue weighted by atomic mass is 10.1. The van der Waals surface area contributed by atoms with Gasteiger partial charge in [-0.3, -0.25) is 0 Å². The highest BCUT2D eigenvalue weighted by molar-refractivity contribution is 5.40. The van der Waals surface area contributed by atoms with Crippen molar-refractivity contribution in [2.75, 3.05) is 5.73 Å². The van der Waals surface area contributed by atoms with Gasteiger partial charge in [-0.05, 0) is 30.5 Å². The smallest absolute Gasteiger partial charge is 0.0721 e. The molecule has 0 heterocycles. The maximum atomic E-state index is 5.95. The lowest BCUT2D eigenvalue weighted by Gasteiger charge is -2.15. The third kappa shape index (κ3) is 3.53. The standard InChI is InChI=1S/C14H21NO/c15-13-7-5-6-12(10-13)11-16-14-8-3-1-2-4-9-14/h5-7,10,14H,1-4,8-9,11,15H2. The molecule has 0 bridgehead atoms. The Labute approximate surface area is 97.8 Å². The second kappa shape index (κ2) is 5.90. The molecule has 1 aromatic carbocycles. The van der Waals surface area contributed by atoms with Gasteiger partial charge in [0.1, 0.15) is 0 Å². The van der Waals surface area contributed by atoms with Crippen LogP contribution in [0.4, 0.5) is 5.69 Å². The minimum Gasteiger partial charge on any atom is -0.399 e. The van der Waals surface area contributed by atoms with Gasteiger partial charge >= 0.3 is 0 Å². The number of nitrogens with two attached hydrogens (primary N) is 1. The first-order valence-electron chi connectivity index (χ1n) is 6.30. The molecule has 1 saturated carbocycles. The van der Waals surface area contributed by atoms with E-state index in [9.17, 15) is 0 Å². The molecule has 0 spiro atoms. The second-order valence-electron chi connectivity index (χ2n) is 4.67. The van der Waals surface area contributed by atoms with Crippen molar-refractivity contribution in [1.29, 1.82) is 0 Å². The Morgan fingerprint density at radius 1 is 1.12 bits per heavy atom. The molecule has 0 unspecified atom stereocenters. The molecule has 0 aromatic heterocycles. The minimum atomic E-state index is 0.462. The van der Waals surface area contributed by atoms with Crippen molar-refractivity contribution in [2.45, 2.75) is 51.2 Å². The Kier molecular flexibility index (Phi) is 4.23. The van der Waals surface area contributed by atoms with E-state index < -0.39 is 0 Å². The summed E-state index contributed by atoms with van der Waals surface area (Å²) in [6, 6.07) is 7.97. The fraction of sp³-hybridized carbons (Fsp3) is 0.571. The van der Waals surface area contributed by atoms with Gasteiger partial charge in [-0.15, -0.1) is 0 Å². The summed E-state index contributed by atoms with van der Waals surface area (Å²) in [6.45, 7) is 0.704. The molecule has 1 fully saturated rings. The van der Waals surface area contributed by atoms with E-state index in [0.29, 0.717) is 12.7 Å². The van der Waals surface area contributed by atoms with Crippen LogP contribution in [-0.2, 0) is 11.3 Å². The van der Waals surface area contributed by atoms with E-state index in [-0.39, 0.29) is 0 Å². The van der Waals surface area contributed by atoms with Gasteiger partial charge in [0.15, 0.2) is 0 Å². The summed E-state index contributed by atoms with van der Waals surface area (Å²) >= 11 is 0. The van der Waals surface area contributed by atoms with Gasteiger partial charge in [-0.1, -0.05) is 37.8 Å². The van der Waals surface area contributed by atoms with Gasteiger partial charge in [0.25, 0.3) is 0 Å². The molecule has 16 heavy (non-hydrogen) atoms. The predicted molar refractivity (Wildman–Crippen MR) is 67.1 cm³/mol. The van der Waals surface area contributed by atoms with Crippen LogP contribution in [-0.4, -0.2) is 6.10 Å². The van der Waals surface area contributed by atoms with Crippen LogP contribution in [0.15, 0.2) is 24.3 Å². The van der Waals surface area contributed by atoms with E-state index >= 15 is 0 Å². The quantitative estimate of drug-likeness (QED) is 0.623. The Morgan fingerprint density at radius 3 is 2.56 bits per heavy atom.